The molecular weight excluding hydrogens is 2120 g/mol. The zero-order valence-corrected chi connectivity index (χ0v) is 86.9. The molecule has 32 nitrogen and oxygen atoms in total. The lowest BCUT2D eigenvalue weighted by Crippen LogP contribution is -2.27. The number of nitrogens with one attached hydrogen (secondary N) is 1. The normalized spacial score (nSPS) is 15.6. The summed E-state index contributed by atoms with van der Waals surface area (Å²) in [5.74, 6) is 3.43. The molecule has 6 N–H and O–H groups in total. The van der Waals surface area contributed by atoms with Gasteiger partial charge in [-0.3, -0.25) is 33.5 Å². The number of hydrogen-bond donors (Lipinski definition) is 4. The number of nitrogen functional groups attached to an aromatic ring is 1. The molecular formula is C98H93Br3Cl2F3N15O17S3. The number of rotatable bonds is 11. The molecule has 8 aliphatic heterocycles. The first-order chi connectivity index (χ1) is 67.1. The number of thiocarbonyl (C=S) groups is 1. The van der Waals surface area contributed by atoms with Crippen LogP contribution in [0.15, 0.2) is 202 Å². The maximum absolute atomic E-state index is 13.4. The van der Waals surface area contributed by atoms with Crippen LogP contribution in [0.4, 0.5) is 29.3 Å². The third kappa shape index (κ3) is 27.3. The van der Waals surface area contributed by atoms with Crippen LogP contribution in [-0.4, -0.2) is 145 Å². The fourth-order valence-electron chi connectivity index (χ4n) is 14.7. The quantitative estimate of drug-likeness (QED) is 0.0307. The van der Waals surface area contributed by atoms with Gasteiger partial charge in [0, 0.05) is 128 Å². The van der Waals surface area contributed by atoms with Crippen LogP contribution in [0.1, 0.15) is 189 Å². The molecule has 12 aromatic rings. The van der Waals surface area contributed by atoms with E-state index in [1.54, 1.807) is 49.5 Å². The highest BCUT2D eigenvalue weighted by atomic mass is 79.9. The van der Waals surface area contributed by atoms with Crippen molar-refractivity contribution in [2.24, 2.45) is 36.3 Å². The van der Waals surface area contributed by atoms with Gasteiger partial charge in [0.25, 0.3) is 23.6 Å². The minimum absolute atomic E-state index is 0.0894. The number of esters is 1. The molecule has 43 heteroatoms. The number of nitrogens with zero attached hydrogens (tertiary/aromatic N) is 12. The number of aldehydes is 1. The van der Waals surface area contributed by atoms with E-state index in [1.165, 1.54) is 54.9 Å². The van der Waals surface area contributed by atoms with Crippen molar-refractivity contribution in [3.05, 3.63) is 320 Å². The van der Waals surface area contributed by atoms with E-state index in [2.05, 4.69) is 154 Å². The first kappa shape index (κ1) is 107. The molecule has 0 unspecified atom stereocenters. The SMILES string of the molecule is CC(C)(C)OC(N)=O.CO/N=C1\OCc2cc(Br)ccc21.CO/N=C1\OCc2cc(C)ccc21.CO/N=C1\OCc2cc(N)ccc21.CO/N=C1\OCc2cc(NC(=O)C[C@@H]3N=C(c4ccc(Cl)cc4)c4c(sc(C)c4C)-n4c(C)nnc43)ccc21.Cc1sc2c(c1C)C(c1ccc(Cl)cc1)=N[C@@H](CC(=O)O)c1nnc(C)n1-2.O=C1OCc2cc(Br)ccc21.O=CC(F)(F)F.S=C1OCc2cc(Br)ccc21. The summed E-state index contributed by atoms with van der Waals surface area (Å²) in [5, 5.41) is 48.8. The summed E-state index contributed by atoms with van der Waals surface area (Å²) in [6, 6.07) is 48.7. The highest BCUT2D eigenvalue weighted by Gasteiger charge is 2.37. The van der Waals surface area contributed by atoms with Crippen molar-refractivity contribution >= 4 is 188 Å². The lowest BCUT2D eigenvalue weighted by Gasteiger charge is -2.16. The van der Waals surface area contributed by atoms with Crippen LogP contribution in [0.3, 0.4) is 0 Å². The maximum Gasteiger partial charge on any atom is 0.446 e. The van der Waals surface area contributed by atoms with E-state index in [0.29, 0.717) is 101 Å². The lowest BCUT2D eigenvalue weighted by atomic mass is 9.99. The second-order valence-corrected chi connectivity index (χ2v) is 38.7. The van der Waals surface area contributed by atoms with E-state index in [9.17, 15) is 37.5 Å². The Bertz CT molecular complexity index is 6690. The van der Waals surface area contributed by atoms with Crippen molar-refractivity contribution in [1.29, 1.82) is 0 Å². The van der Waals surface area contributed by atoms with Gasteiger partial charge in [0.15, 0.2) is 16.7 Å². The van der Waals surface area contributed by atoms with Gasteiger partial charge in [0.1, 0.15) is 107 Å². The summed E-state index contributed by atoms with van der Waals surface area (Å²) in [7, 11) is 5.99. The second kappa shape index (κ2) is 47.8. The van der Waals surface area contributed by atoms with Gasteiger partial charge in [-0.25, -0.2) is 9.59 Å². The number of aromatic nitrogens is 6. The largest absolute Gasteiger partial charge is 0.481 e. The molecule has 12 heterocycles. The van der Waals surface area contributed by atoms with E-state index in [-0.39, 0.29) is 24.7 Å². The van der Waals surface area contributed by atoms with Crippen LogP contribution < -0.4 is 16.8 Å². The van der Waals surface area contributed by atoms with Crippen LogP contribution in [0, 0.1) is 48.5 Å². The summed E-state index contributed by atoms with van der Waals surface area (Å²) < 4.78 is 74.4. The zero-order chi connectivity index (χ0) is 102. The van der Waals surface area contributed by atoms with Crippen LogP contribution in [0.25, 0.3) is 10.0 Å². The van der Waals surface area contributed by atoms with Crippen LogP contribution in [-0.2, 0) is 107 Å². The molecule has 0 spiro atoms. The van der Waals surface area contributed by atoms with Crippen molar-refractivity contribution < 1.29 is 94.8 Å². The van der Waals surface area contributed by atoms with E-state index >= 15 is 0 Å². The summed E-state index contributed by atoms with van der Waals surface area (Å²) >= 11 is 30.6. The highest BCUT2D eigenvalue weighted by Crippen LogP contribution is 2.43. The molecule has 2 amide bonds. The average molecular weight is 2220 g/mol. The number of aliphatic carboxylic acids is 1. The van der Waals surface area contributed by atoms with Gasteiger partial charge in [-0.2, -0.15) is 13.2 Å². The molecule has 736 valence electrons. The number of thiophene rings is 2. The van der Waals surface area contributed by atoms with Crippen LogP contribution in [0.5, 0.6) is 0 Å². The summed E-state index contributed by atoms with van der Waals surface area (Å²) in [4.78, 5) is 85.7. The Morgan fingerprint density at radius 1 is 0.525 bits per heavy atom. The Morgan fingerprint density at radius 2 is 0.894 bits per heavy atom. The lowest BCUT2D eigenvalue weighted by molar-refractivity contribution is -0.156. The minimum atomic E-state index is -4.64. The standard InChI is InChI=1S/C28H25ClN6O3S.C19H17ClN4O2S.C10H11NO2.C9H8BrNO2.C9H10N2O2.C8H5BrO2.C8H5BrOS.C5H11NO2.C2HF3O/c1-14-15(2)39-28-24(14)25(17-5-7-19(29)8-6-17)31-22(26-33-32-16(3)35(26)28)12-23(36)30-20-9-10-21-18(11-20)13-38-27(21)34-37-4;1-9-10(2)27-19-16(9)17(12-4-6-13(20)7-5-12)21-14(8-15(25)26)18-23-22-11(3)24(18)19;1-7-3-4-9-8(5-7)6-13-10(9)11-12-2;2*1-12-11-9-8-3-2-7(10)4-6(8)5-13-9;9-6-1-2-7-5(3-6)4-11-8(7)10;9-6-1-2-7-5(3-6)4-10-8(7)11;1-5(2,3)8-4(6)7;3-2(4,5)1-6/h5-11,22H,12-13H2,1-4H3,(H,30,36);4-7,14H,8H2,1-3H3,(H,25,26);3-5H,6H2,1-2H3;2-4H,5H2,1H3;2-4H,5,10H2,1H3;2*1-3H,4H2;1-3H3,(H2,6,7);1H/b34-27-;;11-10-;2*11-9-;;;;/t22-;14-;;;;;;;/m00......./s1. The van der Waals surface area contributed by atoms with E-state index in [0.717, 1.165) is 136 Å². The number of primary amides is 1. The zero-order valence-electron chi connectivity index (χ0n) is 78.1. The number of amides is 2. The number of aliphatic imine (C=N–C) groups is 2. The van der Waals surface area contributed by atoms with E-state index in [4.69, 9.17) is 94.9 Å². The number of aryl methyl sites for hydroxylation is 5. The summed E-state index contributed by atoms with van der Waals surface area (Å²) in [6.45, 7) is 22.5. The van der Waals surface area contributed by atoms with Gasteiger partial charge in [-0.1, -0.05) is 113 Å². The number of alkyl halides is 3. The molecule has 2 atom stereocenters. The Hall–Kier alpha value is -13.3. The van der Waals surface area contributed by atoms with Crippen molar-refractivity contribution in [3.63, 3.8) is 0 Å². The van der Waals surface area contributed by atoms with Gasteiger partial charge in [0.2, 0.25) is 12.2 Å². The van der Waals surface area contributed by atoms with Gasteiger partial charge in [0.05, 0.1) is 29.8 Å². The molecule has 4 aromatic heterocycles. The number of ether oxygens (including phenoxy) is 7. The van der Waals surface area contributed by atoms with Gasteiger partial charge >= 0.3 is 24.2 Å². The number of anilines is 2. The predicted octanol–water partition coefficient (Wildman–Crippen LogP) is 21.6. The van der Waals surface area contributed by atoms with Gasteiger partial charge in [-0.15, -0.1) is 43.1 Å². The predicted molar refractivity (Wildman–Crippen MR) is 544 cm³/mol. The molecule has 141 heavy (non-hydrogen) atoms. The van der Waals surface area contributed by atoms with Crippen molar-refractivity contribution in [2.45, 2.75) is 146 Å². The van der Waals surface area contributed by atoms with Crippen molar-refractivity contribution in [1.82, 2.24) is 29.5 Å². The summed E-state index contributed by atoms with van der Waals surface area (Å²) in [5.41, 5.74) is 32.2. The third-order valence-electron chi connectivity index (χ3n) is 21.2. The molecule has 0 radical (unpaired) electrons. The number of carboxylic acid groups (broad SMARTS) is 1. The first-order valence-corrected chi connectivity index (χ1v) is 47.9. The van der Waals surface area contributed by atoms with Crippen molar-refractivity contribution in [2.75, 3.05) is 39.5 Å². The summed E-state index contributed by atoms with van der Waals surface area (Å²) in [6.07, 6.45) is -6.49. The number of cyclic esters (lactones) is 1. The Morgan fingerprint density at radius 3 is 1.31 bits per heavy atom. The van der Waals surface area contributed by atoms with Crippen molar-refractivity contribution in [3.8, 4) is 10.0 Å². The average Bonchev–Trinajstić information content (AvgIpc) is 1.59. The Balaban J connectivity index is 0.000000152. The Kier molecular flexibility index (Phi) is 36.1. The number of hydrogen-bond acceptors (Lipinski definition) is 30. The fourth-order valence-corrected chi connectivity index (χ4v) is 18.9. The topological polar surface area (TPSA) is 407 Å². The smallest absolute Gasteiger partial charge is 0.446 e. The molecule has 0 fully saturated rings. The third-order valence-corrected chi connectivity index (χ3v) is 25.9. The van der Waals surface area contributed by atoms with Crippen LogP contribution >= 0.6 is 106 Å². The van der Waals surface area contributed by atoms with E-state index < -0.39 is 42.2 Å². The minimum Gasteiger partial charge on any atom is -0.481 e. The highest BCUT2D eigenvalue weighted by molar-refractivity contribution is 9.11. The molecule has 0 saturated heterocycles. The number of carbonyl (C=O) groups is 5. The van der Waals surface area contributed by atoms with Gasteiger partial charge in [-0.05, 0) is 235 Å². The maximum atomic E-state index is 13.4. The number of fused-ring (bicyclic) bond motifs is 12. The molecule has 0 aliphatic carbocycles. The number of halogens is 8. The van der Waals surface area contributed by atoms with Gasteiger partial charge < -0.3 is 74.4 Å². The molecule has 8 aliphatic rings. The second-order valence-electron chi connectivity index (χ2n) is 32.3. The van der Waals surface area contributed by atoms with E-state index in [1.807, 2.05) is 169 Å². The monoisotopic (exact) mass is 2210 g/mol. The molecule has 8 aromatic carbocycles. The number of oxime groups is 4. The Labute approximate surface area is 856 Å². The fraction of sp³-hybridized carbons (Fsp3) is 0.265. The molecule has 0 bridgehead atoms. The number of benzene rings is 8. The first-order valence-electron chi connectivity index (χ1n) is 42.7. The van der Waals surface area contributed by atoms with Crippen LogP contribution in [0.2, 0.25) is 10.0 Å². The molecule has 0 saturated carbocycles. The number of carboxylic acids is 1. The number of nitrogens with two attached hydrogens (primary N) is 2. The number of carbonyl (C=O) groups excluding carboxylic acids is 4. The molecule has 20 rings (SSSR count).